The number of carbonyl (C=O) groups is 1. The summed E-state index contributed by atoms with van der Waals surface area (Å²) in [6, 6.07) is 5.98. The van der Waals surface area contributed by atoms with Gasteiger partial charge in [0.25, 0.3) is 5.91 Å². The van der Waals surface area contributed by atoms with Gasteiger partial charge in [0.15, 0.2) is 5.82 Å². The van der Waals surface area contributed by atoms with Gasteiger partial charge in [0.2, 0.25) is 10.0 Å². The van der Waals surface area contributed by atoms with Gasteiger partial charge in [0.1, 0.15) is 0 Å². The predicted molar refractivity (Wildman–Crippen MR) is 99.8 cm³/mol. The minimum absolute atomic E-state index is 0.185. The van der Waals surface area contributed by atoms with Crippen LogP contribution in [0.4, 0.5) is 5.82 Å². The van der Waals surface area contributed by atoms with Crippen LogP contribution in [0.15, 0.2) is 29.2 Å². The lowest BCUT2D eigenvalue weighted by Crippen LogP contribution is -2.30. The molecule has 1 amide bonds. The molecule has 0 unspecified atom stereocenters. The molecule has 2 aromatic rings. The molecule has 1 aliphatic carbocycles. The highest BCUT2D eigenvalue weighted by Crippen LogP contribution is 2.41. The van der Waals surface area contributed by atoms with E-state index in [1.165, 1.54) is 28.6 Å². The summed E-state index contributed by atoms with van der Waals surface area (Å²) in [6.45, 7) is 6.34. The normalized spacial score (nSPS) is 14.6. The zero-order chi connectivity index (χ0) is 18.9. The van der Waals surface area contributed by atoms with Crippen molar-refractivity contribution in [2.75, 3.05) is 18.4 Å². The molecule has 0 spiro atoms. The van der Waals surface area contributed by atoms with Crippen LogP contribution in [0.5, 0.6) is 0 Å². The number of hydrogen-bond acceptors (Lipinski definition) is 4. The molecule has 0 radical (unpaired) electrons. The van der Waals surface area contributed by atoms with Crippen molar-refractivity contribution in [2.45, 2.75) is 44.4 Å². The highest BCUT2D eigenvalue weighted by atomic mass is 32.2. The summed E-state index contributed by atoms with van der Waals surface area (Å²) >= 11 is 0. The van der Waals surface area contributed by atoms with E-state index in [-0.39, 0.29) is 10.8 Å². The van der Waals surface area contributed by atoms with E-state index in [1.807, 2.05) is 6.92 Å². The Kier molecular flexibility index (Phi) is 5.15. The summed E-state index contributed by atoms with van der Waals surface area (Å²) in [5.41, 5.74) is 2.43. The number of anilines is 1. The summed E-state index contributed by atoms with van der Waals surface area (Å²) in [5, 5.41) is 9.97. The van der Waals surface area contributed by atoms with Crippen molar-refractivity contribution >= 4 is 21.7 Å². The molecule has 3 rings (SSSR count). The second-order valence-electron chi connectivity index (χ2n) is 6.45. The number of sulfonamides is 1. The van der Waals surface area contributed by atoms with Crippen LogP contribution in [0.2, 0.25) is 0 Å². The molecule has 8 heteroatoms. The molecule has 0 saturated heterocycles. The molecule has 1 aliphatic rings. The van der Waals surface area contributed by atoms with Crippen molar-refractivity contribution in [3.05, 3.63) is 41.1 Å². The van der Waals surface area contributed by atoms with Gasteiger partial charge >= 0.3 is 0 Å². The maximum atomic E-state index is 12.5. The Morgan fingerprint density at radius 2 is 1.85 bits per heavy atom. The SMILES string of the molecule is CCN(CC)S(=O)(=O)c1ccc(C(=O)Nc2n[nH]c(C3CC3)c2C)cc1. The first-order valence-corrected chi connectivity index (χ1v) is 10.3. The average molecular weight is 376 g/mol. The molecule has 0 aliphatic heterocycles. The summed E-state index contributed by atoms with van der Waals surface area (Å²) in [7, 11) is -3.52. The van der Waals surface area contributed by atoms with Gasteiger partial charge in [-0.1, -0.05) is 13.8 Å². The number of amides is 1. The standard InChI is InChI=1S/C18H24N4O3S/c1-4-22(5-2)26(24,25)15-10-8-14(9-11-15)18(23)19-17-12(3)16(20-21-17)13-6-7-13/h8-11,13H,4-7H2,1-3H3,(H2,19,20,21,23). The Hall–Kier alpha value is -2.19. The number of hydrogen-bond donors (Lipinski definition) is 2. The van der Waals surface area contributed by atoms with E-state index < -0.39 is 10.0 Å². The monoisotopic (exact) mass is 376 g/mol. The van der Waals surface area contributed by atoms with Crippen LogP contribution < -0.4 is 5.32 Å². The van der Waals surface area contributed by atoms with Crippen LogP contribution in [0, 0.1) is 6.92 Å². The topological polar surface area (TPSA) is 95.2 Å². The molecule has 2 N–H and O–H groups in total. The molecule has 0 bridgehead atoms. The zero-order valence-corrected chi connectivity index (χ0v) is 16.1. The van der Waals surface area contributed by atoms with Crippen LogP contribution >= 0.6 is 0 Å². The average Bonchev–Trinajstić information content (AvgIpc) is 3.41. The maximum Gasteiger partial charge on any atom is 0.256 e. The number of H-pyrrole nitrogens is 1. The summed E-state index contributed by atoms with van der Waals surface area (Å²) < 4.78 is 26.4. The van der Waals surface area contributed by atoms with Crippen LogP contribution in [0.1, 0.15) is 54.2 Å². The van der Waals surface area contributed by atoms with Gasteiger partial charge in [0, 0.05) is 35.8 Å². The molecule has 1 fully saturated rings. The highest BCUT2D eigenvalue weighted by Gasteiger charge is 2.28. The fourth-order valence-corrected chi connectivity index (χ4v) is 4.43. The Balaban J connectivity index is 1.75. The van der Waals surface area contributed by atoms with Crippen molar-refractivity contribution in [3.63, 3.8) is 0 Å². The lowest BCUT2D eigenvalue weighted by molar-refractivity contribution is 0.102. The first-order chi connectivity index (χ1) is 12.4. The first-order valence-electron chi connectivity index (χ1n) is 8.84. The largest absolute Gasteiger partial charge is 0.305 e. The van der Waals surface area contributed by atoms with Crippen molar-refractivity contribution < 1.29 is 13.2 Å². The predicted octanol–water partition coefficient (Wildman–Crippen LogP) is 2.88. The molecule has 1 aromatic carbocycles. The van der Waals surface area contributed by atoms with Gasteiger partial charge in [-0.15, -0.1) is 0 Å². The molecule has 1 aromatic heterocycles. The Morgan fingerprint density at radius 3 is 2.38 bits per heavy atom. The molecular formula is C18H24N4O3S. The summed E-state index contributed by atoms with van der Waals surface area (Å²) in [4.78, 5) is 12.6. The van der Waals surface area contributed by atoms with Crippen LogP contribution in [-0.4, -0.2) is 41.9 Å². The van der Waals surface area contributed by atoms with Crippen LogP contribution in [-0.2, 0) is 10.0 Å². The first kappa shape index (κ1) is 18.6. The van der Waals surface area contributed by atoms with Gasteiger partial charge in [0.05, 0.1) is 4.90 Å². The van der Waals surface area contributed by atoms with E-state index in [9.17, 15) is 13.2 Å². The van der Waals surface area contributed by atoms with Crippen LogP contribution in [0.25, 0.3) is 0 Å². The third kappa shape index (κ3) is 3.52. The van der Waals surface area contributed by atoms with Crippen molar-refractivity contribution in [1.82, 2.24) is 14.5 Å². The van der Waals surface area contributed by atoms with E-state index in [4.69, 9.17) is 0 Å². The number of carbonyl (C=O) groups excluding carboxylic acids is 1. The molecule has 1 heterocycles. The van der Waals surface area contributed by atoms with Gasteiger partial charge in [-0.3, -0.25) is 9.89 Å². The van der Waals surface area contributed by atoms with E-state index in [1.54, 1.807) is 13.8 Å². The van der Waals surface area contributed by atoms with E-state index in [2.05, 4.69) is 15.5 Å². The van der Waals surface area contributed by atoms with E-state index >= 15 is 0 Å². The van der Waals surface area contributed by atoms with Gasteiger partial charge in [-0.25, -0.2) is 8.42 Å². The second kappa shape index (κ2) is 7.20. The highest BCUT2D eigenvalue weighted by molar-refractivity contribution is 7.89. The van der Waals surface area contributed by atoms with Gasteiger partial charge in [-0.05, 0) is 44.0 Å². The zero-order valence-electron chi connectivity index (χ0n) is 15.2. The lowest BCUT2D eigenvalue weighted by Gasteiger charge is -2.18. The minimum atomic E-state index is -3.52. The fraction of sp³-hybridized carbons (Fsp3) is 0.444. The summed E-state index contributed by atoms with van der Waals surface area (Å²) in [6.07, 6.45) is 2.30. The number of benzene rings is 1. The van der Waals surface area contributed by atoms with Gasteiger partial charge in [-0.2, -0.15) is 9.40 Å². The van der Waals surface area contributed by atoms with Crippen molar-refractivity contribution in [3.8, 4) is 0 Å². The maximum absolute atomic E-state index is 12.5. The fourth-order valence-electron chi connectivity index (χ4n) is 2.97. The van der Waals surface area contributed by atoms with Crippen molar-refractivity contribution in [2.24, 2.45) is 0 Å². The van der Waals surface area contributed by atoms with Crippen molar-refractivity contribution in [1.29, 1.82) is 0 Å². The number of aromatic amines is 1. The third-order valence-electron chi connectivity index (χ3n) is 4.72. The smallest absolute Gasteiger partial charge is 0.256 e. The Labute approximate surface area is 153 Å². The summed E-state index contributed by atoms with van der Waals surface area (Å²) in [5.74, 6) is 0.739. The third-order valence-corrected chi connectivity index (χ3v) is 6.79. The molecule has 7 nitrogen and oxygen atoms in total. The number of nitrogens with zero attached hydrogens (tertiary/aromatic N) is 2. The Bertz CT molecular complexity index is 895. The number of nitrogens with one attached hydrogen (secondary N) is 2. The number of aromatic nitrogens is 2. The number of rotatable bonds is 7. The minimum Gasteiger partial charge on any atom is -0.305 e. The molecule has 140 valence electrons. The van der Waals surface area contributed by atoms with Gasteiger partial charge < -0.3 is 5.32 Å². The lowest BCUT2D eigenvalue weighted by atomic mass is 10.2. The van der Waals surface area contributed by atoms with Crippen LogP contribution in [0.3, 0.4) is 0 Å². The Morgan fingerprint density at radius 1 is 1.23 bits per heavy atom. The second-order valence-corrected chi connectivity index (χ2v) is 8.39. The molecule has 0 atom stereocenters. The van der Waals surface area contributed by atoms with E-state index in [0.29, 0.717) is 30.4 Å². The quantitative estimate of drug-likeness (QED) is 0.777. The molecule has 26 heavy (non-hydrogen) atoms. The van der Waals surface area contributed by atoms with E-state index in [0.717, 1.165) is 24.1 Å². The molecular weight excluding hydrogens is 352 g/mol. The molecule has 1 saturated carbocycles.